The maximum Gasteiger partial charge on any atom is 0.254 e. The average Bonchev–Trinajstić information content (AvgIpc) is 2.67. The number of likely N-dealkylation sites (tertiary alicyclic amines) is 1. The number of carbonyl (C=O) groups is 2. The van der Waals surface area contributed by atoms with E-state index in [-0.39, 0.29) is 17.7 Å². The molecular weight excluding hydrogens is 312 g/mol. The van der Waals surface area contributed by atoms with Crippen molar-refractivity contribution in [2.75, 3.05) is 13.1 Å². The Morgan fingerprint density at radius 1 is 1.04 bits per heavy atom. The van der Waals surface area contributed by atoms with E-state index in [0.29, 0.717) is 29.2 Å². The molecule has 2 unspecified atom stereocenters. The van der Waals surface area contributed by atoms with Gasteiger partial charge < -0.3 is 10.6 Å². The number of nitrogens with two attached hydrogens (primary N) is 1. The van der Waals surface area contributed by atoms with Crippen molar-refractivity contribution in [1.82, 2.24) is 4.90 Å². The largest absolute Gasteiger partial charge is 0.338 e. The van der Waals surface area contributed by atoms with Gasteiger partial charge in [0.2, 0.25) is 0 Å². The molecule has 3 rings (SSSR count). The molecule has 1 saturated heterocycles. The summed E-state index contributed by atoms with van der Waals surface area (Å²) in [5.41, 5.74) is 7.56. The lowest BCUT2D eigenvalue weighted by atomic mass is 9.91. The Labute approximate surface area is 148 Å². The summed E-state index contributed by atoms with van der Waals surface area (Å²) in [6.07, 6.45) is 2.00. The third-order valence-corrected chi connectivity index (χ3v) is 4.93. The number of carbonyl (C=O) groups excluding carboxylic acids is 2. The van der Waals surface area contributed by atoms with Crippen molar-refractivity contribution >= 4 is 11.7 Å². The van der Waals surface area contributed by atoms with Crippen LogP contribution < -0.4 is 5.73 Å². The molecule has 0 spiro atoms. The summed E-state index contributed by atoms with van der Waals surface area (Å²) >= 11 is 0. The van der Waals surface area contributed by atoms with Gasteiger partial charge >= 0.3 is 0 Å². The second-order valence-electron chi connectivity index (χ2n) is 6.75. The molecule has 0 radical (unpaired) electrons. The van der Waals surface area contributed by atoms with Gasteiger partial charge in [-0.15, -0.1) is 0 Å². The first-order valence-electron chi connectivity index (χ1n) is 8.81. The number of rotatable bonds is 4. The van der Waals surface area contributed by atoms with E-state index in [2.05, 4.69) is 0 Å². The molecule has 130 valence electrons. The minimum Gasteiger partial charge on any atom is -0.338 e. The van der Waals surface area contributed by atoms with E-state index in [1.165, 1.54) is 0 Å². The zero-order chi connectivity index (χ0) is 17.8. The fourth-order valence-electron chi connectivity index (χ4n) is 3.41. The molecule has 2 N–H and O–H groups in total. The van der Waals surface area contributed by atoms with Gasteiger partial charge in [-0.1, -0.05) is 48.5 Å². The molecule has 2 atom stereocenters. The van der Waals surface area contributed by atoms with Gasteiger partial charge in [0.1, 0.15) is 0 Å². The Morgan fingerprint density at radius 3 is 2.36 bits per heavy atom. The average molecular weight is 336 g/mol. The first-order chi connectivity index (χ1) is 12.1. The topological polar surface area (TPSA) is 63.4 Å². The molecule has 4 nitrogen and oxygen atoms in total. The lowest BCUT2D eigenvalue weighted by molar-refractivity contribution is 0.0657. The fraction of sp³-hybridized carbons (Fsp3) is 0.333. The van der Waals surface area contributed by atoms with Gasteiger partial charge in [-0.2, -0.15) is 0 Å². The van der Waals surface area contributed by atoms with Crippen molar-refractivity contribution in [2.45, 2.75) is 25.8 Å². The molecule has 1 heterocycles. The lowest BCUT2D eigenvalue weighted by Gasteiger charge is -2.35. The van der Waals surface area contributed by atoms with Crippen molar-refractivity contribution in [2.24, 2.45) is 11.7 Å². The maximum atomic E-state index is 13.1. The second-order valence-corrected chi connectivity index (χ2v) is 6.75. The Morgan fingerprint density at radius 2 is 1.68 bits per heavy atom. The van der Waals surface area contributed by atoms with Crippen molar-refractivity contribution < 1.29 is 9.59 Å². The zero-order valence-electron chi connectivity index (χ0n) is 14.5. The number of ketones is 1. The van der Waals surface area contributed by atoms with Gasteiger partial charge in [0.15, 0.2) is 5.78 Å². The molecule has 2 aromatic carbocycles. The zero-order valence-corrected chi connectivity index (χ0v) is 14.5. The quantitative estimate of drug-likeness (QED) is 0.873. The molecule has 1 aliphatic heterocycles. The molecule has 2 aromatic rings. The Kier molecular flexibility index (Phi) is 5.29. The fourth-order valence-corrected chi connectivity index (χ4v) is 3.41. The van der Waals surface area contributed by atoms with E-state index in [1.54, 1.807) is 30.3 Å². The Balaban J connectivity index is 1.88. The molecule has 0 aromatic heterocycles. The molecule has 1 fully saturated rings. The van der Waals surface area contributed by atoms with Crippen molar-refractivity contribution in [3.05, 3.63) is 71.3 Å². The number of nitrogens with zero attached hydrogens (tertiary/aromatic N) is 1. The molecule has 0 bridgehead atoms. The molecular formula is C21H24N2O2. The third kappa shape index (κ3) is 3.80. The van der Waals surface area contributed by atoms with Crippen LogP contribution in [0.3, 0.4) is 0 Å². The van der Waals surface area contributed by atoms with Crippen LogP contribution in [0.25, 0.3) is 0 Å². The van der Waals surface area contributed by atoms with Gasteiger partial charge in [-0.3, -0.25) is 9.59 Å². The van der Waals surface area contributed by atoms with Crippen LogP contribution >= 0.6 is 0 Å². The predicted molar refractivity (Wildman–Crippen MR) is 98.6 cm³/mol. The van der Waals surface area contributed by atoms with Crippen LogP contribution in [-0.2, 0) is 0 Å². The van der Waals surface area contributed by atoms with Gasteiger partial charge in [-0.05, 0) is 31.7 Å². The molecule has 4 heteroatoms. The predicted octanol–water partition coefficient (Wildman–Crippen LogP) is 3.12. The summed E-state index contributed by atoms with van der Waals surface area (Å²) < 4.78 is 0. The normalized spacial score (nSPS) is 18.6. The Bertz CT molecular complexity index is 756. The number of benzene rings is 2. The number of hydrogen-bond acceptors (Lipinski definition) is 3. The molecule has 1 amide bonds. The summed E-state index contributed by atoms with van der Waals surface area (Å²) in [4.78, 5) is 27.7. The highest BCUT2D eigenvalue weighted by molar-refractivity contribution is 6.15. The number of hydrogen-bond donors (Lipinski definition) is 1. The number of amides is 1. The second kappa shape index (κ2) is 7.62. The summed E-state index contributed by atoms with van der Waals surface area (Å²) in [6.45, 7) is 3.37. The van der Waals surface area contributed by atoms with Crippen LogP contribution in [-0.4, -0.2) is 35.7 Å². The van der Waals surface area contributed by atoms with E-state index in [9.17, 15) is 9.59 Å². The van der Waals surface area contributed by atoms with E-state index in [0.717, 1.165) is 19.4 Å². The third-order valence-electron chi connectivity index (χ3n) is 4.93. The van der Waals surface area contributed by atoms with E-state index in [1.807, 2.05) is 36.1 Å². The van der Waals surface area contributed by atoms with Crippen LogP contribution in [0, 0.1) is 5.92 Å². The lowest BCUT2D eigenvalue weighted by Crippen LogP contribution is -2.45. The summed E-state index contributed by atoms with van der Waals surface area (Å²) in [6, 6.07) is 16.2. The summed E-state index contributed by atoms with van der Waals surface area (Å²) in [5, 5.41) is 0. The van der Waals surface area contributed by atoms with Crippen LogP contribution in [0.2, 0.25) is 0 Å². The minimum atomic E-state index is -0.120. The summed E-state index contributed by atoms with van der Waals surface area (Å²) in [5.74, 6) is 0.116. The van der Waals surface area contributed by atoms with Crippen LogP contribution in [0.4, 0.5) is 0 Å². The molecule has 1 aliphatic rings. The van der Waals surface area contributed by atoms with Gasteiger partial charge in [0.25, 0.3) is 5.91 Å². The highest BCUT2D eigenvalue weighted by Gasteiger charge is 2.28. The monoisotopic (exact) mass is 336 g/mol. The van der Waals surface area contributed by atoms with E-state index in [4.69, 9.17) is 5.73 Å². The van der Waals surface area contributed by atoms with E-state index >= 15 is 0 Å². The van der Waals surface area contributed by atoms with Gasteiger partial charge in [-0.25, -0.2) is 0 Å². The summed E-state index contributed by atoms with van der Waals surface area (Å²) in [7, 11) is 0. The first-order valence-corrected chi connectivity index (χ1v) is 8.81. The van der Waals surface area contributed by atoms with Gasteiger partial charge in [0.05, 0.1) is 5.56 Å². The standard InChI is InChI=1S/C21H24N2O2/c1-15(22)17-10-7-13-23(14-17)21(25)19-12-6-5-11-18(19)20(24)16-8-3-2-4-9-16/h2-6,8-9,11-12,15,17H,7,10,13-14,22H2,1H3. The molecule has 25 heavy (non-hydrogen) atoms. The van der Waals surface area contributed by atoms with Crippen LogP contribution in [0.5, 0.6) is 0 Å². The van der Waals surface area contributed by atoms with Gasteiger partial charge in [0, 0.05) is 30.3 Å². The molecule has 0 saturated carbocycles. The SMILES string of the molecule is CC(N)C1CCCN(C(=O)c2ccccc2C(=O)c2ccccc2)C1. The highest BCUT2D eigenvalue weighted by Crippen LogP contribution is 2.23. The highest BCUT2D eigenvalue weighted by atomic mass is 16.2. The smallest absolute Gasteiger partial charge is 0.254 e. The van der Waals surface area contributed by atoms with E-state index < -0.39 is 0 Å². The Hall–Kier alpha value is -2.46. The van der Waals surface area contributed by atoms with Crippen molar-refractivity contribution in [3.8, 4) is 0 Å². The molecule has 0 aliphatic carbocycles. The minimum absolute atomic E-state index is 0.0665. The first kappa shape index (κ1) is 17.4. The van der Waals surface area contributed by atoms with Crippen LogP contribution in [0.15, 0.2) is 54.6 Å². The van der Waals surface area contributed by atoms with Crippen molar-refractivity contribution in [1.29, 1.82) is 0 Å². The van der Waals surface area contributed by atoms with Crippen molar-refractivity contribution in [3.63, 3.8) is 0 Å². The maximum absolute atomic E-state index is 13.1. The number of piperidine rings is 1. The van der Waals surface area contributed by atoms with Crippen LogP contribution in [0.1, 0.15) is 46.0 Å².